The van der Waals surface area contributed by atoms with Crippen molar-refractivity contribution >= 4 is 101 Å². The van der Waals surface area contributed by atoms with Crippen LogP contribution in [0, 0.1) is 41.4 Å². The number of nitrogens with one attached hydrogen (secondary N) is 3. The molecule has 0 aromatic rings. The molecule has 0 aromatic carbocycles. The molecule has 0 unspecified atom stereocenters. The van der Waals surface area contributed by atoms with Gasteiger partial charge >= 0.3 is 60.4 Å². The van der Waals surface area contributed by atoms with Crippen molar-refractivity contribution in [1.82, 2.24) is 30.7 Å². The SMILES string of the molecule is [2H][C@@H]([C@@H](C)NC(=O)OC(C)(C)C)[C@@H](C([2H])([2H])I)[12C]([2H])([2H])[2H].[2H][C@@H]([C@@H](C)NC(=O)OC(C)(C)C)[C@@H](C([2H])([2H])O)[12C]([2H])([2H])[2H].[2H][C@@H]([C@H](N)C(=O)O)[C@@H](C(=O)O)[12C]([2H])([2H])[2H].[2H][C@@H]1[C@@H](C(=O)O)N(C(=O)OC(C)(C)C)C(=O)[C@H]1[12C]([2H])([2H])[2H].[2H][C@@H]1[C@@H](C)N(C(=O)OC(C)(C)C)C(=O)[C@H]1[12C]([2H])([2H])[2H].[2H][C@@H]1[C@@H](CO)N(C(=O)OC(C)(C)C)C(=O)[C@H]1[12C]([2H])([2H])[2H].[2H][C@H]([C@@H](C(=O)O)[12C]([2H])([2H])[2H])[C@@H](C)NC(=O)OC(C)(C)C. The molecule has 612 valence electrons. The highest BCUT2D eigenvalue weighted by molar-refractivity contribution is 14.1. The van der Waals surface area contributed by atoms with Crippen molar-refractivity contribution in [3.63, 3.8) is 0 Å². The number of aliphatic hydroxyl groups excluding tert-OH is 1. The van der Waals surface area contributed by atoms with E-state index in [9.17, 15) is 72.5 Å². The molecule has 9 amide bonds. The smallest absolute Gasteiger partial charge is 0.417 e. The summed E-state index contributed by atoms with van der Waals surface area (Å²) in [7, 11) is 0. The number of halogens is 1. The Morgan fingerprint density at radius 1 is 0.495 bits per heavy atom. The molecule has 3 aliphatic rings. The number of carboxylic acids is 4. The molecule has 3 aliphatic heterocycles. The summed E-state index contributed by atoms with van der Waals surface area (Å²) in [6, 6.07) is -8.60. The van der Waals surface area contributed by atoms with Gasteiger partial charge < -0.3 is 80.7 Å². The number of hydrogen-bond acceptors (Lipinski definition) is 22. The lowest BCUT2D eigenvalue weighted by Gasteiger charge is -2.26. The molecule has 0 spiro atoms. The van der Waals surface area contributed by atoms with Gasteiger partial charge in [-0.05, 0) is 209 Å². The Kier molecular flexibility index (Phi) is 26.1. The van der Waals surface area contributed by atoms with Crippen LogP contribution in [-0.2, 0) is 62.0 Å². The van der Waals surface area contributed by atoms with Crippen molar-refractivity contribution in [2.45, 2.75) is 321 Å². The molecule has 0 radical (unpaired) electrons. The highest BCUT2D eigenvalue weighted by Gasteiger charge is 2.47. The average molecular weight is 1650 g/mol. The number of carbonyl (C=O) groups excluding carboxylic acids is 9. The fourth-order valence-corrected chi connectivity index (χ4v) is 7.32. The van der Waals surface area contributed by atoms with Gasteiger partial charge in [0.1, 0.15) is 45.7 Å². The third-order valence-corrected chi connectivity index (χ3v) is 11.8. The molecule has 0 aromatic heterocycles. The normalized spacial score (nSPS) is 29.1. The van der Waals surface area contributed by atoms with Gasteiger partial charge in [0.15, 0.2) is 0 Å². The third-order valence-electron chi connectivity index (χ3n) is 11.1. The minimum absolute atomic E-state index is 0.224. The number of carbonyl (C=O) groups is 13. The Balaban J connectivity index is -0.000000755. The van der Waals surface area contributed by atoms with Crippen molar-refractivity contribution < 1.29 is 165 Å². The van der Waals surface area contributed by atoms with Crippen molar-refractivity contribution in [3.8, 4) is 0 Å². The molecule has 3 saturated heterocycles. The number of rotatable bonds is 18. The number of ether oxygens (including phenoxy) is 6. The highest BCUT2D eigenvalue weighted by Crippen LogP contribution is 2.29. The number of amides is 9. The molecule has 0 saturated carbocycles. The van der Waals surface area contributed by atoms with E-state index < -0.39 is 306 Å². The van der Waals surface area contributed by atoms with Gasteiger partial charge in [0.2, 0.25) is 17.7 Å². The van der Waals surface area contributed by atoms with Gasteiger partial charge in [-0.2, -0.15) is 0 Å². The van der Waals surface area contributed by atoms with Crippen LogP contribution in [0.4, 0.5) is 28.8 Å². The van der Waals surface area contributed by atoms with E-state index in [-0.39, 0.29) is 4.90 Å². The fourth-order valence-electron chi connectivity index (χ4n) is 7.12. The molecular weight excluding hydrogens is 1490 g/mol. The molecule has 3 heterocycles. The first kappa shape index (κ1) is 58.2. The predicted molar refractivity (Wildman–Crippen MR) is 401 cm³/mol. The summed E-state index contributed by atoms with van der Waals surface area (Å²) in [6.45, 7) is 11.7. The Morgan fingerprint density at radius 3 is 1.12 bits per heavy atom. The van der Waals surface area contributed by atoms with E-state index in [1.54, 1.807) is 104 Å². The fraction of sp³-hybridized carbons (Fsp3) is 0.819. The number of nitrogens with zero attached hydrogens (tertiary/aromatic N) is 3. The molecule has 3 rings (SSSR count). The Bertz CT molecular complexity index is 3920. The lowest BCUT2D eigenvalue weighted by Crippen LogP contribution is -2.45. The van der Waals surface area contributed by atoms with E-state index in [0.29, 0.717) is 4.90 Å². The second-order valence-electron chi connectivity index (χ2n) is 28.6. The number of aliphatic carboxylic acids is 4. The van der Waals surface area contributed by atoms with Crippen LogP contribution in [0.2, 0.25) is 0 Å². The van der Waals surface area contributed by atoms with Crippen LogP contribution >= 0.6 is 22.6 Å². The van der Waals surface area contributed by atoms with Gasteiger partial charge in [-0.25, -0.2) is 48.3 Å². The van der Waals surface area contributed by atoms with Crippen LogP contribution in [0.5, 0.6) is 0 Å². The Labute approximate surface area is 681 Å². The predicted octanol–water partition coefficient (Wildman–Crippen LogP) is 11.4. The topological polar surface area (TPSA) is 470 Å². The van der Waals surface area contributed by atoms with Crippen molar-refractivity contribution in [2.75, 3.05) is 17.5 Å². The number of aliphatic hydroxyl groups is 2. The van der Waals surface area contributed by atoms with Crippen molar-refractivity contribution in [3.05, 3.63) is 0 Å². The third kappa shape index (κ3) is 49.6. The van der Waals surface area contributed by atoms with Gasteiger partial charge in [-0.15, -0.1) is 0 Å². The molecule has 21 atom stereocenters. The number of alkyl carbamates (subject to hydrolysis) is 3. The number of imide groups is 3. The monoisotopic (exact) mass is 1650 g/mol. The first-order chi connectivity index (χ1) is 60.0. The van der Waals surface area contributed by atoms with E-state index >= 15 is 0 Å². The highest BCUT2D eigenvalue weighted by atomic mass is 127. The van der Waals surface area contributed by atoms with E-state index in [2.05, 4.69) is 16.0 Å². The minimum atomic E-state index is -3.07. The lowest BCUT2D eigenvalue weighted by molar-refractivity contribution is -0.146. The molecule has 0 aliphatic carbocycles. The molecule has 105 heavy (non-hydrogen) atoms. The lowest BCUT2D eigenvalue weighted by atomic mass is 10.0. The summed E-state index contributed by atoms with van der Waals surface area (Å²) >= 11 is 1.38. The van der Waals surface area contributed by atoms with Gasteiger partial charge in [0.05, 0.1) is 27.2 Å². The average Bonchev–Trinajstić information content (AvgIpc) is 1.60. The zero-order valence-corrected chi connectivity index (χ0v) is 65.2. The summed E-state index contributed by atoms with van der Waals surface area (Å²) < 4.78 is 263. The van der Waals surface area contributed by atoms with Crippen LogP contribution in [0.15, 0.2) is 0 Å². The van der Waals surface area contributed by atoms with Gasteiger partial charge in [0, 0.05) is 94.0 Å². The quantitative estimate of drug-likeness (QED) is 0.0346. The molecule has 32 nitrogen and oxygen atoms in total. The first-order valence-electron chi connectivity index (χ1n) is 48.3. The van der Waals surface area contributed by atoms with Crippen molar-refractivity contribution in [2.24, 2.45) is 47.2 Å². The zero-order chi connectivity index (χ0) is 111. The van der Waals surface area contributed by atoms with Crippen molar-refractivity contribution in [1.29, 1.82) is 0 Å². The summed E-state index contributed by atoms with van der Waals surface area (Å²) in [5.41, 5.74) is 0.154. The number of hydrogen-bond donors (Lipinski definition) is 10. The van der Waals surface area contributed by atoms with E-state index in [1.165, 1.54) is 71.1 Å². The second kappa shape index (κ2) is 47.0. The van der Waals surface area contributed by atoms with Gasteiger partial charge in [0.25, 0.3) is 0 Å². The largest absolute Gasteiger partial charge is 0.481 e. The van der Waals surface area contributed by atoms with E-state index in [4.69, 9.17) is 98.4 Å². The number of carboxylic acid groups (broad SMARTS) is 4. The molecule has 3 fully saturated rings. The molecule has 11 N–H and O–H groups in total. The maximum atomic E-state index is 12.1. The standard InChI is InChI=1S/C11H22INO2.C11H17NO5.C11H19NO4.C11H21NO4.C11H19NO3.C11H23NO3.C6H11NO4/c1-8(7-12)6-9(2)13-10(14)15-11(3,4)5;1-6-5-7(9(14)15)12(8(6)13)10(16)17-11(2,3)4;1-7-5-8(6-13)12(9(7)14)10(15)16-11(2,3)4;1-7(9(13)14)6-8(2)12-10(15)16-11(3,4)5;1-7-6-8(2)12(9(7)13)10(14)15-11(3,4)5;1-8(7-13)6-9(2)12-10(14)15-11(3,4)5;1-3(5(8)9)2-4(7)6(10)11/h8-9H,6-7H2,1-5H3,(H,13,14);6-7H,5H2,1-4H3,(H,14,15);7-8,13H,5-6H2,1-4H3;7-8H,6H2,1-5H3,(H,12,15)(H,13,14);7-8H,6H2,1-5H3;8-9,13H,6-7H2,1-5H3,(H,12,14);3-4H,2,7H2,1H3,(H,8,9)(H,10,11)/t8-,9+;6-,7-;7-,8-;2*7-,8+;8-,9+;3-,4-/m0000000/s1/i1+0D3,6D,7D2;2*1+0D3,5D;2*1+0D3,6D;1+0D3,6D,7D2;1+0D3,2D/t6-,8+,9-;5-,6-,7-;5-,7-,8-;6-,7+,8-;6-,7-,8+;6-,8+,9-;2-,3+,4+/m1001011. The van der Waals surface area contributed by atoms with Crippen LogP contribution in [0.25, 0.3) is 0 Å². The number of alkyl halides is 1. The van der Waals surface area contributed by atoms with Gasteiger partial charge in [-0.1, -0.05) is 70.6 Å². The molecule has 0 bridgehead atoms. The van der Waals surface area contributed by atoms with E-state index in [1.807, 2.05) is 0 Å². The van der Waals surface area contributed by atoms with Crippen LogP contribution in [-0.4, -0.2) is 217 Å². The first-order valence-corrected chi connectivity index (χ1v) is 32.9. The summed E-state index contributed by atoms with van der Waals surface area (Å²) in [5, 5.41) is 60.6. The Hall–Kier alpha value is -6.88. The summed E-state index contributed by atoms with van der Waals surface area (Å²) in [4.78, 5) is 151. The van der Waals surface area contributed by atoms with Crippen LogP contribution < -0.4 is 21.7 Å². The number of nitrogens with two attached hydrogens (primary N) is 1. The molecular formula is C72H132IN7O25. The molecule has 33 heteroatoms. The number of likely N-dealkylation sites (tertiary alicyclic amines) is 3. The van der Waals surface area contributed by atoms with Crippen LogP contribution in [0.1, 0.15) is 289 Å². The maximum Gasteiger partial charge on any atom is 0.417 e. The van der Waals surface area contributed by atoms with Crippen LogP contribution in [0.3, 0.4) is 0 Å². The Morgan fingerprint density at radius 2 is 0.819 bits per heavy atom. The van der Waals surface area contributed by atoms with Gasteiger partial charge in [-0.3, -0.25) is 28.8 Å². The summed E-state index contributed by atoms with van der Waals surface area (Å²) in [6.07, 6.45) is -16.3. The zero-order valence-electron chi connectivity index (χ0n) is 95.1. The second-order valence-corrected chi connectivity index (χ2v) is 29.2. The maximum absolute atomic E-state index is 12.1. The van der Waals surface area contributed by atoms with E-state index in [0.717, 1.165) is 4.90 Å². The summed E-state index contributed by atoms with van der Waals surface area (Å²) in [5.74, 6) is -22.1. The minimum Gasteiger partial charge on any atom is -0.481 e.